The van der Waals surface area contributed by atoms with E-state index in [0.29, 0.717) is 29.5 Å². The minimum atomic E-state index is -4.00. The summed E-state index contributed by atoms with van der Waals surface area (Å²) in [6.07, 6.45) is 1.92. The molecule has 1 heterocycles. The smallest absolute Gasteiger partial charge is 0.264 e. The molecule has 184 valence electrons. The van der Waals surface area contributed by atoms with Crippen molar-refractivity contribution in [2.75, 3.05) is 30.5 Å². The molecule has 35 heavy (non-hydrogen) atoms. The van der Waals surface area contributed by atoms with Gasteiger partial charge in [0.25, 0.3) is 10.0 Å². The SMILES string of the molecule is CCOc1ccc(N(CC(=O)NCc2ccc3c(c2)OCO3)S(=O)(=O)c2ccc(SC)cc2)cc1. The highest BCUT2D eigenvalue weighted by Gasteiger charge is 2.27. The lowest BCUT2D eigenvalue weighted by Gasteiger charge is -2.24. The Hall–Kier alpha value is -3.37. The summed E-state index contributed by atoms with van der Waals surface area (Å²) in [5, 5.41) is 2.79. The van der Waals surface area contributed by atoms with E-state index in [1.165, 1.54) is 11.8 Å². The first kappa shape index (κ1) is 24.7. The third-order valence-corrected chi connectivity index (χ3v) is 7.83. The van der Waals surface area contributed by atoms with Crippen molar-refractivity contribution in [1.29, 1.82) is 0 Å². The second-order valence-electron chi connectivity index (χ2n) is 7.58. The fourth-order valence-corrected chi connectivity index (χ4v) is 5.33. The molecule has 10 heteroatoms. The Labute approximate surface area is 209 Å². The highest BCUT2D eigenvalue weighted by Crippen LogP contribution is 2.32. The molecule has 0 bridgehead atoms. The number of nitrogens with one attached hydrogen (secondary N) is 1. The Morgan fingerprint density at radius 1 is 1.03 bits per heavy atom. The van der Waals surface area contributed by atoms with Gasteiger partial charge in [-0.1, -0.05) is 6.07 Å². The van der Waals surface area contributed by atoms with Gasteiger partial charge >= 0.3 is 0 Å². The number of thioether (sulfide) groups is 1. The van der Waals surface area contributed by atoms with Crippen molar-refractivity contribution in [3.05, 3.63) is 72.3 Å². The lowest BCUT2D eigenvalue weighted by molar-refractivity contribution is -0.119. The van der Waals surface area contributed by atoms with Crippen molar-refractivity contribution in [1.82, 2.24) is 5.32 Å². The third-order valence-electron chi connectivity index (χ3n) is 5.30. The summed E-state index contributed by atoms with van der Waals surface area (Å²) in [4.78, 5) is 13.9. The molecule has 0 saturated carbocycles. The van der Waals surface area contributed by atoms with Gasteiger partial charge in [0, 0.05) is 11.4 Å². The van der Waals surface area contributed by atoms with E-state index in [4.69, 9.17) is 14.2 Å². The fourth-order valence-electron chi connectivity index (χ4n) is 3.50. The van der Waals surface area contributed by atoms with E-state index in [1.54, 1.807) is 60.7 Å². The highest BCUT2D eigenvalue weighted by molar-refractivity contribution is 7.98. The van der Waals surface area contributed by atoms with E-state index >= 15 is 0 Å². The van der Waals surface area contributed by atoms with E-state index < -0.39 is 15.9 Å². The van der Waals surface area contributed by atoms with Crippen LogP contribution in [0.3, 0.4) is 0 Å². The number of carbonyl (C=O) groups excluding carboxylic acids is 1. The summed E-state index contributed by atoms with van der Waals surface area (Å²) < 4.78 is 44.4. The Kier molecular flexibility index (Phi) is 7.72. The second-order valence-corrected chi connectivity index (χ2v) is 10.3. The third kappa shape index (κ3) is 5.83. The number of rotatable bonds is 10. The zero-order chi connectivity index (χ0) is 24.8. The molecule has 0 radical (unpaired) electrons. The van der Waals surface area contributed by atoms with Crippen molar-refractivity contribution >= 4 is 33.4 Å². The van der Waals surface area contributed by atoms with Crippen molar-refractivity contribution < 1.29 is 27.4 Å². The molecular weight excluding hydrogens is 488 g/mol. The van der Waals surface area contributed by atoms with Crippen molar-refractivity contribution in [3.8, 4) is 17.2 Å². The normalized spacial score (nSPS) is 12.3. The Balaban J connectivity index is 1.55. The molecular formula is C25H26N2O6S2. The average Bonchev–Trinajstić information content (AvgIpc) is 3.35. The van der Waals surface area contributed by atoms with Crippen molar-refractivity contribution in [2.24, 2.45) is 0 Å². The largest absolute Gasteiger partial charge is 0.494 e. The quantitative estimate of drug-likeness (QED) is 0.408. The van der Waals surface area contributed by atoms with Gasteiger partial charge in [0.15, 0.2) is 11.5 Å². The van der Waals surface area contributed by atoms with Crippen molar-refractivity contribution in [3.63, 3.8) is 0 Å². The van der Waals surface area contributed by atoms with E-state index in [9.17, 15) is 13.2 Å². The molecule has 0 saturated heterocycles. The number of sulfonamides is 1. The molecule has 1 aliphatic rings. The van der Waals surface area contributed by atoms with Crippen LogP contribution in [0.1, 0.15) is 12.5 Å². The van der Waals surface area contributed by atoms with Crippen LogP contribution in [0.2, 0.25) is 0 Å². The van der Waals surface area contributed by atoms with Crippen LogP contribution in [0.5, 0.6) is 17.2 Å². The van der Waals surface area contributed by atoms with E-state index in [1.807, 2.05) is 19.2 Å². The van der Waals surface area contributed by atoms with Gasteiger partial charge in [0.2, 0.25) is 12.7 Å². The lowest BCUT2D eigenvalue weighted by atomic mass is 10.2. The Morgan fingerprint density at radius 3 is 2.43 bits per heavy atom. The number of anilines is 1. The first-order valence-corrected chi connectivity index (χ1v) is 13.6. The maximum Gasteiger partial charge on any atom is 0.264 e. The van der Waals surface area contributed by atoms with Crippen LogP contribution in [-0.4, -0.2) is 40.5 Å². The number of carbonyl (C=O) groups is 1. The first-order valence-electron chi connectivity index (χ1n) is 11.0. The van der Waals surface area contributed by atoms with Crippen molar-refractivity contribution in [2.45, 2.75) is 23.3 Å². The van der Waals surface area contributed by atoms with Crippen LogP contribution in [-0.2, 0) is 21.4 Å². The van der Waals surface area contributed by atoms with Crippen LogP contribution >= 0.6 is 11.8 Å². The van der Waals surface area contributed by atoms with E-state index in [-0.39, 0.29) is 24.8 Å². The summed E-state index contributed by atoms with van der Waals surface area (Å²) in [6.45, 7) is 2.36. The van der Waals surface area contributed by atoms with E-state index in [0.717, 1.165) is 14.8 Å². The fraction of sp³-hybridized carbons (Fsp3) is 0.240. The summed E-state index contributed by atoms with van der Waals surface area (Å²) in [6, 6.07) is 18.6. The van der Waals surface area contributed by atoms with Gasteiger partial charge in [0.1, 0.15) is 12.3 Å². The Morgan fingerprint density at radius 2 is 1.74 bits per heavy atom. The number of amides is 1. The number of ether oxygens (including phenoxy) is 3. The van der Waals surface area contributed by atoms with Crippen LogP contribution < -0.4 is 23.8 Å². The predicted molar refractivity (Wildman–Crippen MR) is 135 cm³/mol. The molecule has 0 spiro atoms. The van der Waals surface area contributed by atoms with Gasteiger partial charge in [0.05, 0.1) is 17.2 Å². The lowest BCUT2D eigenvalue weighted by Crippen LogP contribution is -2.40. The number of fused-ring (bicyclic) bond motifs is 1. The standard InChI is InChI=1S/C25H26N2O6S2/c1-3-31-20-7-5-19(6-8-20)27(35(29,30)22-11-9-21(34-2)10-12-22)16-25(28)26-15-18-4-13-23-24(14-18)33-17-32-23/h4-14H,3,15-17H2,1-2H3,(H,26,28). The van der Waals surface area contributed by atoms with Gasteiger partial charge in [-0.3, -0.25) is 9.10 Å². The zero-order valence-electron chi connectivity index (χ0n) is 19.4. The molecule has 0 atom stereocenters. The molecule has 8 nitrogen and oxygen atoms in total. The second kappa shape index (κ2) is 10.9. The minimum absolute atomic E-state index is 0.104. The molecule has 3 aromatic rings. The molecule has 4 rings (SSSR count). The monoisotopic (exact) mass is 514 g/mol. The maximum atomic E-state index is 13.6. The highest BCUT2D eigenvalue weighted by atomic mass is 32.2. The molecule has 1 aliphatic heterocycles. The first-order chi connectivity index (χ1) is 16.9. The minimum Gasteiger partial charge on any atom is -0.494 e. The van der Waals surface area contributed by atoms with E-state index in [2.05, 4.69) is 5.32 Å². The Bertz CT molecular complexity index is 1280. The molecule has 3 aromatic carbocycles. The van der Waals surface area contributed by atoms with Crippen LogP contribution in [0.25, 0.3) is 0 Å². The van der Waals surface area contributed by atoms with Gasteiger partial charge in [-0.2, -0.15) is 0 Å². The van der Waals surface area contributed by atoms with Crippen LogP contribution in [0.15, 0.2) is 76.5 Å². The topological polar surface area (TPSA) is 94.2 Å². The van der Waals surface area contributed by atoms with Crippen LogP contribution in [0.4, 0.5) is 5.69 Å². The summed E-state index contributed by atoms with van der Waals surface area (Å²) >= 11 is 1.52. The molecule has 0 unspecified atom stereocenters. The maximum absolute atomic E-state index is 13.6. The van der Waals surface area contributed by atoms with Gasteiger partial charge < -0.3 is 19.5 Å². The summed E-state index contributed by atoms with van der Waals surface area (Å²) in [5.74, 6) is 1.44. The molecule has 0 aromatic heterocycles. The zero-order valence-corrected chi connectivity index (χ0v) is 21.0. The average molecular weight is 515 g/mol. The van der Waals surface area contributed by atoms with Gasteiger partial charge in [-0.05, 0) is 79.4 Å². The predicted octanol–water partition coefficient (Wildman–Crippen LogP) is 4.05. The number of hydrogen-bond acceptors (Lipinski definition) is 7. The van der Waals surface area contributed by atoms with Crippen LogP contribution in [0, 0.1) is 0 Å². The van der Waals surface area contributed by atoms with Gasteiger partial charge in [-0.15, -0.1) is 11.8 Å². The molecule has 0 fully saturated rings. The molecule has 1 N–H and O–H groups in total. The number of benzene rings is 3. The number of nitrogens with zero attached hydrogens (tertiary/aromatic N) is 1. The summed E-state index contributed by atoms with van der Waals surface area (Å²) in [7, 11) is -4.00. The summed E-state index contributed by atoms with van der Waals surface area (Å²) in [5.41, 5.74) is 1.17. The molecule has 0 aliphatic carbocycles. The van der Waals surface area contributed by atoms with Gasteiger partial charge in [-0.25, -0.2) is 8.42 Å². The molecule has 1 amide bonds. The number of hydrogen-bond donors (Lipinski definition) is 1.